The van der Waals surface area contributed by atoms with Gasteiger partial charge in [-0.05, 0) is 47.1 Å². The summed E-state index contributed by atoms with van der Waals surface area (Å²) in [6, 6.07) is 13.3. The highest BCUT2D eigenvalue weighted by atomic mass is 79.9. The smallest absolute Gasteiger partial charge is 0.269 e. The molecule has 2 rings (SSSR count). The lowest BCUT2D eigenvalue weighted by Crippen LogP contribution is -2.20. The van der Waals surface area contributed by atoms with Crippen LogP contribution in [0.3, 0.4) is 0 Å². The minimum Gasteiger partial charge on any atom is -0.281 e. The molecule has 0 saturated carbocycles. The topological polar surface area (TPSA) is 22.0 Å². The molecule has 0 aliphatic heterocycles. The first-order valence-electron chi connectivity index (χ1n) is 4.64. The summed E-state index contributed by atoms with van der Waals surface area (Å²) in [5, 5.41) is 0. The molecule has 0 spiro atoms. The van der Waals surface area contributed by atoms with E-state index in [4.69, 9.17) is 0 Å². The Morgan fingerprint density at radius 2 is 1.73 bits per heavy atom. The van der Waals surface area contributed by atoms with Gasteiger partial charge in [-0.3, -0.25) is 9.36 Å². The SMILES string of the molecule is Cc1ccc(Br)c(=O)n1-c1ccccc1. The third-order valence-electron chi connectivity index (χ3n) is 2.25. The van der Waals surface area contributed by atoms with Gasteiger partial charge in [-0.25, -0.2) is 0 Å². The maximum atomic E-state index is 11.9. The molecule has 1 aromatic heterocycles. The van der Waals surface area contributed by atoms with E-state index in [1.165, 1.54) is 0 Å². The average Bonchev–Trinajstić information content (AvgIpc) is 2.26. The van der Waals surface area contributed by atoms with Crippen LogP contribution in [0.25, 0.3) is 5.69 Å². The largest absolute Gasteiger partial charge is 0.281 e. The van der Waals surface area contributed by atoms with Gasteiger partial charge in [0.1, 0.15) is 0 Å². The molecule has 0 aliphatic rings. The van der Waals surface area contributed by atoms with Crippen LogP contribution in [-0.4, -0.2) is 4.57 Å². The number of hydrogen-bond acceptors (Lipinski definition) is 1. The number of pyridine rings is 1. The highest BCUT2D eigenvalue weighted by molar-refractivity contribution is 9.10. The van der Waals surface area contributed by atoms with Crippen molar-refractivity contribution in [3.05, 3.63) is 63.0 Å². The van der Waals surface area contributed by atoms with Crippen LogP contribution in [0.2, 0.25) is 0 Å². The van der Waals surface area contributed by atoms with E-state index < -0.39 is 0 Å². The maximum absolute atomic E-state index is 11.9. The molecule has 2 nitrogen and oxygen atoms in total. The Morgan fingerprint density at radius 3 is 2.40 bits per heavy atom. The van der Waals surface area contributed by atoms with Gasteiger partial charge in [0.25, 0.3) is 5.56 Å². The summed E-state index contributed by atoms with van der Waals surface area (Å²) in [6.45, 7) is 1.92. The molecule has 0 amide bonds. The van der Waals surface area contributed by atoms with Gasteiger partial charge in [0.2, 0.25) is 0 Å². The van der Waals surface area contributed by atoms with Crippen molar-refractivity contribution in [3.8, 4) is 5.69 Å². The van der Waals surface area contributed by atoms with Gasteiger partial charge < -0.3 is 0 Å². The predicted molar refractivity (Wildman–Crippen MR) is 64.5 cm³/mol. The number of nitrogens with zero attached hydrogens (tertiary/aromatic N) is 1. The van der Waals surface area contributed by atoms with E-state index in [1.807, 2.05) is 43.3 Å². The molecule has 3 heteroatoms. The molecule has 0 saturated heterocycles. The number of hydrogen-bond donors (Lipinski definition) is 0. The highest BCUT2D eigenvalue weighted by Gasteiger charge is 2.05. The zero-order valence-electron chi connectivity index (χ0n) is 8.27. The molecule has 0 N–H and O–H groups in total. The Hall–Kier alpha value is -1.35. The van der Waals surface area contributed by atoms with Crippen molar-refractivity contribution in [2.75, 3.05) is 0 Å². The van der Waals surface area contributed by atoms with Gasteiger partial charge >= 0.3 is 0 Å². The van der Waals surface area contributed by atoms with Crippen molar-refractivity contribution in [1.29, 1.82) is 0 Å². The maximum Gasteiger partial charge on any atom is 0.269 e. The molecule has 76 valence electrons. The van der Waals surface area contributed by atoms with Gasteiger partial charge in [0.15, 0.2) is 0 Å². The van der Waals surface area contributed by atoms with Crippen molar-refractivity contribution in [1.82, 2.24) is 4.57 Å². The van der Waals surface area contributed by atoms with E-state index in [2.05, 4.69) is 15.9 Å². The van der Waals surface area contributed by atoms with Crippen LogP contribution >= 0.6 is 15.9 Å². The minimum absolute atomic E-state index is 0.0267. The first kappa shape index (κ1) is 10.2. The molecule has 0 bridgehead atoms. The molecule has 0 atom stereocenters. The summed E-state index contributed by atoms with van der Waals surface area (Å²) in [6.07, 6.45) is 0. The van der Waals surface area contributed by atoms with E-state index >= 15 is 0 Å². The summed E-state index contributed by atoms with van der Waals surface area (Å²) in [7, 11) is 0. The predicted octanol–water partition coefficient (Wildman–Crippen LogP) is 2.91. The summed E-state index contributed by atoms with van der Waals surface area (Å²) in [5.74, 6) is 0. The van der Waals surface area contributed by atoms with Crippen molar-refractivity contribution in [2.45, 2.75) is 6.92 Å². The van der Waals surface area contributed by atoms with Crippen LogP contribution in [0, 0.1) is 6.92 Å². The summed E-state index contributed by atoms with van der Waals surface area (Å²) >= 11 is 3.24. The molecular weight excluding hydrogens is 254 g/mol. The fourth-order valence-corrected chi connectivity index (χ4v) is 1.81. The molecular formula is C12H10BrNO. The number of benzene rings is 1. The molecule has 1 heterocycles. The first-order chi connectivity index (χ1) is 7.20. The van der Waals surface area contributed by atoms with Crippen LogP contribution in [0.4, 0.5) is 0 Å². The second kappa shape index (κ2) is 4.03. The standard InChI is InChI=1S/C12H10BrNO/c1-9-7-8-11(13)12(15)14(9)10-5-3-2-4-6-10/h2-8H,1H3. The second-order valence-corrected chi connectivity index (χ2v) is 4.15. The summed E-state index contributed by atoms with van der Waals surface area (Å²) < 4.78 is 2.27. The highest BCUT2D eigenvalue weighted by Crippen LogP contribution is 2.10. The molecule has 0 radical (unpaired) electrons. The number of rotatable bonds is 1. The number of halogens is 1. The van der Waals surface area contributed by atoms with Gasteiger partial charge in [-0.2, -0.15) is 0 Å². The quantitative estimate of drug-likeness (QED) is 0.776. The normalized spacial score (nSPS) is 10.3. The number of para-hydroxylation sites is 1. The molecule has 15 heavy (non-hydrogen) atoms. The zero-order chi connectivity index (χ0) is 10.8. The van der Waals surface area contributed by atoms with E-state index in [9.17, 15) is 4.79 Å². The van der Waals surface area contributed by atoms with E-state index in [0.717, 1.165) is 11.4 Å². The van der Waals surface area contributed by atoms with E-state index in [0.29, 0.717) is 4.47 Å². The Labute approximate surface area is 96.3 Å². The fraction of sp³-hybridized carbons (Fsp3) is 0.0833. The van der Waals surface area contributed by atoms with Crippen LogP contribution in [0.5, 0.6) is 0 Å². The lowest BCUT2D eigenvalue weighted by molar-refractivity contribution is 0.926. The Balaban J connectivity index is 2.73. The van der Waals surface area contributed by atoms with Crippen molar-refractivity contribution < 1.29 is 0 Å². The Kier molecular flexibility index (Phi) is 2.73. The lowest BCUT2D eigenvalue weighted by atomic mass is 10.3. The second-order valence-electron chi connectivity index (χ2n) is 3.30. The third kappa shape index (κ3) is 1.88. The van der Waals surface area contributed by atoms with Gasteiger partial charge in [0.05, 0.1) is 4.47 Å². The van der Waals surface area contributed by atoms with Crippen LogP contribution in [0.15, 0.2) is 51.7 Å². The summed E-state index contributed by atoms with van der Waals surface area (Å²) in [4.78, 5) is 11.9. The molecule has 0 fully saturated rings. The third-order valence-corrected chi connectivity index (χ3v) is 2.85. The molecule has 0 unspecified atom stereocenters. The first-order valence-corrected chi connectivity index (χ1v) is 5.43. The number of aromatic nitrogens is 1. The van der Waals surface area contributed by atoms with Crippen molar-refractivity contribution >= 4 is 15.9 Å². The van der Waals surface area contributed by atoms with E-state index in [-0.39, 0.29) is 5.56 Å². The van der Waals surface area contributed by atoms with Gasteiger partial charge in [-0.15, -0.1) is 0 Å². The van der Waals surface area contributed by atoms with Crippen LogP contribution < -0.4 is 5.56 Å². The van der Waals surface area contributed by atoms with Gasteiger partial charge in [-0.1, -0.05) is 18.2 Å². The monoisotopic (exact) mass is 263 g/mol. The molecule has 2 aromatic rings. The fourth-order valence-electron chi connectivity index (χ4n) is 1.50. The van der Waals surface area contributed by atoms with Crippen molar-refractivity contribution in [2.24, 2.45) is 0 Å². The van der Waals surface area contributed by atoms with Gasteiger partial charge in [0, 0.05) is 11.4 Å². The van der Waals surface area contributed by atoms with Crippen LogP contribution in [0.1, 0.15) is 5.69 Å². The van der Waals surface area contributed by atoms with Crippen LogP contribution in [-0.2, 0) is 0 Å². The van der Waals surface area contributed by atoms with E-state index in [1.54, 1.807) is 10.6 Å². The Bertz CT molecular complexity index is 531. The lowest BCUT2D eigenvalue weighted by Gasteiger charge is -2.09. The van der Waals surface area contributed by atoms with Crippen molar-refractivity contribution in [3.63, 3.8) is 0 Å². The molecule has 1 aromatic carbocycles. The summed E-state index contributed by atoms with van der Waals surface area (Å²) in [5.41, 5.74) is 1.79. The zero-order valence-corrected chi connectivity index (χ0v) is 9.86. The number of aryl methyl sites for hydroxylation is 1. The average molecular weight is 264 g/mol. The molecule has 0 aliphatic carbocycles. The minimum atomic E-state index is -0.0267. The Morgan fingerprint density at radius 1 is 1.07 bits per heavy atom.